The first kappa shape index (κ1) is 14.9. The van der Waals surface area contributed by atoms with Crippen LogP contribution in [0.1, 0.15) is 18.1 Å². The fourth-order valence-corrected chi connectivity index (χ4v) is 1.92. The summed E-state index contributed by atoms with van der Waals surface area (Å²) in [4.78, 5) is 11.9. The van der Waals surface area contributed by atoms with Gasteiger partial charge in [-0.25, -0.2) is 0 Å². The summed E-state index contributed by atoms with van der Waals surface area (Å²) in [5.41, 5.74) is 2.97. The van der Waals surface area contributed by atoms with Crippen LogP contribution in [0.25, 0.3) is 6.08 Å². The largest absolute Gasteiger partial charge is 0.497 e. The van der Waals surface area contributed by atoms with Crippen LogP contribution in [-0.4, -0.2) is 13.0 Å². The van der Waals surface area contributed by atoms with E-state index in [2.05, 4.69) is 12.2 Å². The molecule has 108 valence electrons. The molecule has 0 radical (unpaired) electrons. The molecule has 2 rings (SSSR count). The van der Waals surface area contributed by atoms with Crippen LogP contribution >= 0.6 is 0 Å². The highest BCUT2D eigenvalue weighted by molar-refractivity contribution is 6.01. The lowest BCUT2D eigenvalue weighted by Gasteiger charge is -2.03. The Morgan fingerprint density at radius 1 is 1.19 bits per heavy atom. The summed E-state index contributed by atoms with van der Waals surface area (Å²) >= 11 is 0. The topological polar surface area (TPSA) is 38.3 Å². The van der Waals surface area contributed by atoms with Crippen LogP contribution < -0.4 is 10.1 Å². The molecule has 0 spiro atoms. The number of carbonyl (C=O) groups is 1. The van der Waals surface area contributed by atoms with Gasteiger partial charge in [-0.3, -0.25) is 4.79 Å². The van der Waals surface area contributed by atoms with Gasteiger partial charge in [0.25, 0.3) is 0 Å². The van der Waals surface area contributed by atoms with Gasteiger partial charge in [-0.2, -0.15) is 0 Å². The van der Waals surface area contributed by atoms with Crippen molar-refractivity contribution in [2.45, 2.75) is 13.3 Å². The number of anilines is 1. The lowest BCUT2D eigenvalue weighted by molar-refractivity contribution is -0.111. The Bertz CT molecular complexity index is 630. The number of benzene rings is 2. The van der Waals surface area contributed by atoms with Crippen LogP contribution in [0.5, 0.6) is 5.75 Å². The van der Waals surface area contributed by atoms with Crippen molar-refractivity contribution < 1.29 is 9.53 Å². The molecule has 0 aliphatic rings. The van der Waals surface area contributed by atoms with Crippen molar-refractivity contribution in [2.24, 2.45) is 0 Å². The molecule has 0 aromatic heterocycles. The third kappa shape index (κ3) is 4.49. The maximum absolute atomic E-state index is 11.9. The van der Waals surface area contributed by atoms with Gasteiger partial charge in [0.1, 0.15) is 5.75 Å². The van der Waals surface area contributed by atoms with E-state index in [1.165, 1.54) is 11.6 Å². The third-order valence-corrected chi connectivity index (χ3v) is 3.15. The van der Waals surface area contributed by atoms with Gasteiger partial charge in [0.05, 0.1) is 7.11 Å². The summed E-state index contributed by atoms with van der Waals surface area (Å²) in [6.45, 7) is 2.10. The van der Waals surface area contributed by atoms with Crippen molar-refractivity contribution in [1.82, 2.24) is 0 Å². The third-order valence-electron chi connectivity index (χ3n) is 3.15. The van der Waals surface area contributed by atoms with Gasteiger partial charge in [0, 0.05) is 11.8 Å². The Labute approximate surface area is 125 Å². The first-order valence-electron chi connectivity index (χ1n) is 6.93. The summed E-state index contributed by atoms with van der Waals surface area (Å²) < 4.78 is 5.14. The molecule has 0 aliphatic heterocycles. The van der Waals surface area contributed by atoms with Gasteiger partial charge >= 0.3 is 0 Å². The standard InChI is InChI=1S/C18H19NO2/c1-3-14-7-10-16(11-8-14)19-18(20)12-9-15-5-4-6-17(13-15)21-2/h4-13H,3H2,1-2H3,(H,19,20)/b12-9+. The first-order valence-corrected chi connectivity index (χ1v) is 6.93. The molecule has 21 heavy (non-hydrogen) atoms. The van der Waals surface area contributed by atoms with E-state index in [-0.39, 0.29) is 5.91 Å². The van der Waals surface area contributed by atoms with E-state index in [9.17, 15) is 4.79 Å². The van der Waals surface area contributed by atoms with Crippen molar-refractivity contribution in [3.8, 4) is 5.75 Å². The Kier molecular flexibility index (Phi) is 5.16. The highest BCUT2D eigenvalue weighted by atomic mass is 16.5. The number of methoxy groups -OCH3 is 1. The number of hydrogen-bond donors (Lipinski definition) is 1. The van der Waals surface area contributed by atoms with Crippen LogP contribution in [0.4, 0.5) is 5.69 Å². The van der Waals surface area contributed by atoms with Crippen molar-refractivity contribution in [1.29, 1.82) is 0 Å². The second kappa shape index (κ2) is 7.29. The molecule has 0 saturated carbocycles. The molecule has 2 aromatic carbocycles. The van der Waals surface area contributed by atoms with E-state index >= 15 is 0 Å². The maximum Gasteiger partial charge on any atom is 0.248 e. The summed E-state index contributed by atoms with van der Waals surface area (Å²) in [6, 6.07) is 15.4. The molecular formula is C18H19NO2. The molecule has 0 fully saturated rings. The van der Waals surface area contributed by atoms with E-state index in [0.717, 1.165) is 23.4 Å². The van der Waals surface area contributed by atoms with E-state index in [1.807, 2.05) is 48.5 Å². The predicted octanol–water partition coefficient (Wildman–Crippen LogP) is 3.91. The van der Waals surface area contributed by atoms with Crippen LogP contribution in [0, 0.1) is 0 Å². The normalized spacial score (nSPS) is 10.6. The molecule has 1 N–H and O–H groups in total. The Hall–Kier alpha value is -2.55. The number of ether oxygens (including phenoxy) is 1. The molecule has 2 aromatic rings. The van der Waals surface area contributed by atoms with Crippen molar-refractivity contribution in [2.75, 3.05) is 12.4 Å². The minimum absolute atomic E-state index is 0.151. The zero-order valence-corrected chi connectivity index (χ0v) is 12.3. The fourth-order valence-electron chi connectivity index (χ4n) is 1.92. The average Bonchev–Trinajstić information content (AvgIpc) is 2.54. The summed E-state index contributed by atoms with van der Waals surface area (Å²) in [7, 11) is 1.62. The molecule has 1 amide bonds. The summed E-state index contributed by atoms with van der Waals surface area (Å²) in [5, 5.41) is 2.84. The SMILES string of the molecule is CCc1ccc(NC(=O)/C=C/c2cccc(OC)c2)cc1. The second-order valence-electron chi connectivity index (χ2n) is 4.65. The van der Waals surface area contributed by atoms with Crippen LogP contribution in [0.15, 0.2) is 54.6 Å². The number of rotatable bonds is 5. The Balaban J connectivity index is 1.98. The van der Waals surface area contributed by atoms with Gasteiger partial charge in [-0.15, -0.1) is 0 Å². The van der Waals surface area contributed by atoms with Crippen molar-refractivity contribution >= 4 is 17.7 Å². The predicted molar refractivity (Wildman–Crippen MR) is 86.5 cm³/mol. The summed E-state index contributed by atoms with van der Waals surface area (Å²) in [5.74, 6) is 0.620. The molecule has 0 heterocycles. The van der Waals surface area contributed by atoms with E-state index in [4.69, 9.17) is 4.74 Å². The summed E-state index contributed by atoms with van der Waals surface area (Å²) in [6.07, 6.45) is 4.27. The smallest absolute Gasteiger partial charge is 0.248 e. The molecule has 0 bridgehead atoms. The molecule has 0 atom stereocenters. The number of aryl methyl sites for hydroxylation is 1. The Morgan fingerprint density at radius 2 is 1.95 bits per heavy atom. The minimum Gasteiger partial charge on any atom is -0.497 e. The van der Waals surface area contributed by atoms with Crippen LogP contribution in [-0.2, 0) is 11.2 Å². The van der Waals surface area contributed by atoms with Crippen LogP contribution in [0.3, 0.4) is 0 Å². The highest BCUT2D eigenvalue weighted by Crippen LogP contribution is 2.14. The maximum atomic E-state index is 11.9. The minimum atomic E-state index is -0.151. The lowest BCUT2D eigenvalue weighted by atomic mass is 10.1. The molecule has 3 heteroatoms. The van der Waals surface area contributed by atoms with Crippen LogP contribution in [0.2, 0.25) is 0 Å². The fraction of sp³-hybridized carbons (Fsp3) is 0.167. The molecule has 0 aliphatic carbocycles. The number of carbonyl (C=O) groups excluding carboxylic acids is 1. The van der Waals surface area contributed by atoms with E-state index in [1.54, 1.807) is 13.2 Å². The zero-order chi connectivity index (χ0) is 15.1. The molecule has 3 nitrogen and oxygen atoms in total. The first-order chi connectivity index (χ1) is 10.2. The van der Waals surface area contributed by atoms with Gasteiger partial charge in [-0.05, 0) is 47.9 Å². The number of amides is 1. The Morgan fingerprint density at radius 3 is 2.62 bits per heavy atom. The quantitative estimate of drug-likeness (QED) is 0.844. The second-order valence-corrected chi connectivity index (χ2v) is 4.65. The van der Waals surface area contributed by atoms with Gasteiger partial charge in [0.2, 0.25) is 5.91 Å². The average molecular weight is 281 g/mol. The van der Waals surface area contributed by atoms with Gasteiger partial charge < -0.3 is 10.1 Å². The number of hydrogen-bond acceptors (Lipinski definition) is 2. The van der Waals surface area contributed by atoms with E-state index in [0.29, 0.717) is 0 Å². The molecule has 0 saturated heterocycles. The van der Waals surface area contributed by atoms with Crippen molar-refractivity contribution in [3.05, 3.63) is 65.7 Å². The van der Waals surface area contributed by atoms with E-state index < -0.39 is 0 Å². The highest BCUT2D eigenvalue weighted by Gasteiger charge is 1.98. The molecule has 0 unspecified atom stereocenters. The lowest BCUT2D eigenvalue weighted by Crippen LogP contribution is -2.07. The van der Waals surface area contributed by atoms with Gasteiger partial charge in [-0.1, -0.05) is 31.2 Å². The van der Waals surface area contributed by atoms with Crippen molar-refractivity contribution in [3.63, 3.8) is 0 Å². The molecular weight excluding hydrogens is 262 g/mol. The van der Waals surface area contributed by atoms with Gasteiger partial charge in [0.15, 0.2) is 0 Å². The monoisotopic (exact) mass is 281 g/mol. The number of nitrogens with one attached hydrogen (secondary N) is 1. The zero-order valence-electron chi connectivity index (χ0n) is 12.3.